The van der Waals surface area contributed by atoms with Crippen molar-refractivity contribution in [3.8, 4) is 17.4 Å². The second-order valence-corrected chi connectivity index (χ2v) is 9.56. The molecule has 176 valence electrons. The average Bonchev–Trinajstić information content (AvgIpc) is 3.22. The number of aromatic nitrogens is 3. The van der Waals surface area contributed by atoms with E-state index in [0.29, 0.717) is 18.4 Å². The maximum Gasteiger partial charge on any atom is 0.230 e. The number of aromatic amines is 1. The van der Waals surface area contributed by atoms with E-state index in [1.54, 1.807) is 12.3 Å². The van der Waals surface area contributed by atoms with Crippen molar-refractivity contribution >= 4 is 34.3 Å². The molecular formula is C26H29N5O2S. The van der Waals surface area contributed by atoms with E-state index in [9.17, 15) is 0 Å². The molecule has 0 saturated carbocycles. The van der Waals surface area contributed by atoms with Gasteiger partial charge >= 0.3 is 0 Å². The second kappa shape index (κ2) is 10.8. The molecule has 4 aromatic rings. The summed E-state index contributed by atoms with van der Waals surface area (Å²) in [5, 5.41) is 4.35. The van der Waals surface area contributed by atoms with Crippen molar-refractivity contribution in [1.29, 1.82) is 0 Å². The monoisotopic (exact) mass is 475 g/mol. The van der Waals surface area contributed by atoms with Crippen molar-refractivity contribution in [3.63, 3.8) is 0 Å². The number of hydrogen-bond donors (Lipinski definition) is 2. The number of anilines is 2. The summed E-state index contributed by atoms with van der Waals surface area (Å²) < 4.78 is 12.0. The molecule has 0 atom stereocenters. The van der Waals surface area contributed by atoms with Gasteiger partial charge in [0.15, 0.2) is 0 Å². The molecule has 5 rings (SSSR count). The predicted octanol–water partition coefficient (Wildman–Crippen LogP) is 5.62. The topological polar surface area (TPSA) is 75.3 Å². The lowest BCUT2D eigenvalue weighted by Crippen LogP contribution is -2.33. The third-order valence-electron chi connectivity index (χ3n) is 5.66. The highest BCUT2D eigenvalue weighted by molar-refractivity contribution is 7.99. The Kier molecular flexibility index (Phi) is 7.16. The predicted molar refractivity (Wildman–Crippen MR) is 139 cm³/mol. The molecule has 0 spiro atoms. The number of fused-ring (bicyclic) bond motifs is 1. The molecule has 0 amide bonds. The fraction of sp³-hybridized carbons (Fsp3) is 0.308. The Bertz CT molecular complexity index is 1240. The minimum atomic E-state index is 0.469. The first-order chi connectivity index (χ1) is 16.7. The van der Waals surface area contributed by atoms with Crippen molar-refractivity contribution in [2.75, 3.05) is 43.1 Å². The first-order valence-corrected chi connectivity index (χ1v) is 12.8. The lowest BCUT2D eigenvalue weighted by atomic mass is 10.2. The molecule has 2 aromatic carbocycles. The highest BCUT2D eigenvalue weighted by atomic mass is 32.2. The number of ether oxygens (including phenoxy) is 2. The Hall–Kier alpha value is -3.23. The van der Waals surface area contributed by atoms with Gasteiger partial charge in [-0.05, 0) is 49.7 Å². The lowest BCUT2D eigenvalue weighted by Gasteiger charge is -2.25. The SMILES string of the molecule is Cc1cc2cc(Oc3ccnc(Nc4cccc(OCCCN5CCSCC5)c4)n3)ccc2[nH]1. The molecule has 1 aliphatic heterocycles. The molecule has 0 radical (unpaired) electrons. The standard InChI is InChI=1S/C26H29N5O2S/c1-19-16-20-17-23(6-7-24(20)28-19)33-25-8-9-27-26(30-25)29-21-4-2-5-22(18-21)32-13-3-10-31-11-14-34-15-12-31/h2,4-9,16-18,28H,3,10-15H2,1H3,(H,27,29,30). The smallest absolute Gasteiger partial charge is 0.230 e. The third kappa shape index (κ3) is 6.01. The van der Waals surface area contributed by atoms with Gasteiger partial charge in [0.05, 0.1) is 6.61 Å². The molecule has 1 aliphatic rings. The Labute approximate surface area is 203 Å². The van der Waals surface area contributed by atoms with Crippen molar-refractivity contribution in [1.82, 2.24) is 19.9 Å². The molecule has 7 nitrogen and oxygen atoms in total. The Balaban J connectivity index is 1.17. The Morgan fingerprint density at radius 2 is 1.97 bits per heavy atom. The summed E-state index contributed by atoms with van der Waals surface area (Å²) in [6, 6.07) is 17.7. The molecule has 1 fully saturated rings. The van der Waals surface area contributed by atoms with Gasteiger partial charge in [-0.2, -0.15) is 16.7 Å². The average molecular weight is 476 g/mol. The van der Waals surface area contributed by atoms with Crippen LogP contribution >= 0.6 is 11.8 Å². The Morgan fingerprint density at radius 1 is 1.06 bits per heavy atom. The van der Waals surface area contributed by atoms with Gasteiger partial charge in [0.25, 0.3) is 0 Å². The van der Waals surface area contributed by atoms with E-state index in [4.69, 9.17) is 9.47 Å². The van der Waals surface area contributed by atoms with Gasteiger partial charge in [-0.25, -0.2) is 4.98 Å². The minimum absolute atomic E-state index is 0.469. The van der Waals surface area contributed by atoms with Crippen LogP contribution in [0.25, 0.3) is 10.9 Å². The number of nitrogens with zero attached hydrogens (tertiary/aromatic N) is 3. The molecule has 1 saturated heterocycles. The molecule has 0 aliphatic carbocycles. The molecule has 3 heterocycles. The summed E-state index contributed by atoms with van der Waals surface area (Å²) in [5.74, 6) is 5.00. The zero-order chi connectivity index (χ0) is 23.2. The van der Waals surface area contributed by atoms with Crippen LogP contribution in [0.2, 0.25) is 0 Å². The van der Waals surface area contributed by atoms with Crippen LogP contribution in [0.4, 0.5) is 11.6 Å². The molecule has 34 heavy (non-hydrogen) atoms. The van der Waals surface area contributed by atoms with E-state index < -0.39 is 0 Å². The zero-order valence-electron chi connectivity index (χ0n) is 19.3. The van der Waals surface area contributed by atoms with Gasteiger partial charge in [-0.15, -0.1) is 0 Å². The number of nitrogens with one attached hydrogen (secondary N) is 2. The van der Waals surface area contributed by atoms with Crippen LogP contribution in [-0.4, -0.2) is 57.6 Å². The molecular weight excluding hydrogens is 446 g/mol. The number of aryl methyl sites for hydroxylation is 1. The normalized spacial score (nSPS) is 14.3. The van der Waals surface area contributed by atoms with E-state index in [2.05, 4.69) is 31.2 Å². The summed E-state index contributed by atoms with van der Waals surface area (Å²) >= 11 is 2.04. The minimum Gasteiger partial charge on any atom is -0.493 e. The number of benzene rings is 2. The van der Waals surface area contributed by atoms with Gasteiger partial charge in [-0.3, -0.25) is 0 Å². The number of rotatable bonds is 9. The van der Waals surface area contributed by atoms with Crippen molar-refractivity contribution in [2.45, 2.75) is 13.3 Å². The van der Waals surface area contributed by atoms with Crippen LogP contribution in [0.3, 0.4) is 0 Å². The number of H-pyrrole nitrogens is 1. The van der Waals surface area contributed by atoms with Crippen LogP contribution in [0.15, 0.2) is 60.8 Å². The van der Waals surface area contributed by atoms with Gasteiger partial charge in [0.1, 0.15) is 11.5 Å². The second-order valence-electron chi connectivity index (χ2n) is 8.33. The van der Waals surface area contributed by atoms with Crippen molar-refractivity contribution in [3.05, 3.63) is 66.5 Å². The van der Waals surface area contributed by atoms with Gasteiger partial charge < -0.3 is 24.7 Å². The van der Waals surface area contributed by atoms with Crippen LogP contribution in [-0.2, 0) is 0 Å². The van der Waals surface area contributed by atoms with E-state index >= 15 is 0 Å². The van der Waals surface area contributed by atoms with Crippen molar-refractivity contribution in [2.24, 2.45) is 0 Å². The lowest BCUT2D eigenvalue weighted by molar-refractivity contribution is 0.248. The highest BCUT2D eigenvalue weighted by Crippen LogP contribution is 2.26. The van der Waals surface area contributed by atoms with E-state index in [1.165, 1.54) is 24.6 Å². The molecule has 8 heteroatoms. The van der Waals surface area contributed by atoms with Crippen molar-refractivity contribution < 1.29 is 9.47 Å². The number of thioether (sulfide) groups is 1. The summed E-state index contributed by atoms with van der Waals surface area (Å²) in [5.41, 5.74) is 3.07. The van der Waals surface area contributed by atoms with Crippen LogP contribution in [0.5, 0.6) is 17.4 Å². The molecule has 0 unspecified atom stereocenters. The molecule has 2 aromatic heterocycles. The fourth-order valence-electron chi connectivity index (χ4n) is 3.99. The number of hydrogen-bond acceptors (Lipinski definition) is 7. The quantitative estimate of drug-likeness (QED) is 0.304. The molecule has 2 N–H and O–H groups in total. The van der Waals surface area contributed by atoms with Gasteiger partial charge in [0.2, 0.25) is 11.8 Å². The maximum atomic E-state index is 5.98. The molecule has 0 bridgehead atoms. The third-order valence-corrected chi connectivity index (χ3v) is 6.60. The summed E-state index contributed by atoms with van der Waals surface area (Å²) in [6.45, 7) is 6.21. The van der Waals surface area contributed by atoms with Gasteiger partial charge in [0, 0.05) is 71.8 Å². The summed E-state index contributed by atoms with van der Waals surface area (Å²) in [4.78, 5) is 14.7. The van der Waals surface area contributed by atoms with Crippen LogP contribution < -0.4 is 14.8 Å². The van der Waals surface area contributed by atoms with E-state index in [-0.39, 0.29) is 0 Å². The first-order valence-electron chi connectivity index (χ1n) is 11.6. The largest absolute Gasteiger partial charge is 0.493 e. The Morgan fingerprint density at radius 3 is 2.88 bits per heavy atom. The maximum absolute atomic E-state index is 5.98. The van der Waals surface area contributed by atoms with E-state index in [0.717, 1.165) is 46.7 Å². The van der Waals surface area contributed by atoms with Crippen LogP contribution in [0, 0.1) is 6.92 Å². The van der Waals surface area contributed by atoms with E-state index in [1.807, 2.05) is 61.2 Å². The first kappa shape index (κ1) is 22.6. The highest BCUT2D eigenvalue weighted by Gasteiger charge is 2.10. The van der Waals surface area contributed by atoms with Crippen LogP contribution in [0.1, 0.15) is 12.1 Å². The summed E-state index contributed by atoms with van der Waals surface area (Å²) in [7, 11) is 0. The zero-order valence-corrected chi connectivity index (χ0v) is 20.1. The summed E-state index contributed by atoms with van der Waals surface area (Å²) in [6.07, 6.45) is 2.71. The van der Waals surface area contributed by atoms with Gasteiger partial charge in [-0.1, -0.05) is 6.07 Å². The fourth-order valence-corrected chi connectivity index (χ4v) is 4.97.